The van der Waals surface area contributed by atoms with Crippen molar-refractivity contribution in [2.24, 2.45) is 0 Å². The lowest BCUT2D eigenvalue weighted by Crippen LogP contribution is -2.22. The maximum absolute atomic E-state index is 11.4. The van der Waals surface area contributed by atoms with E-state index < -0.39 is 5.24 Å². The summed E-state index contributed by atoms with van der Waals surface area (Å²) in [7, 11) is 1.51. The third kappa shape index (κ3) is 3.53. The van der Waals surface area contributed by atoms with Crippen molar-refractivity contribution in [3.05, 3.63) is 47.3 Å². The average Bonchev–Trinajstić information content (AvgIpc) is 3.45. The highest BCUT2D eigenvalue weighted by Gasteiger charge is 2.29. The molecular formula is C18H17Cl2NO4. The van der Waals surface area contributed by atoms with Gasteiger partial charge in [-0.1, -0.05) is 6.07 Å². The normalized spacial score (nSPS) is 18.2. The lowest BCUT2D eigenvalue weighted by molar-refractivity contribution is 0.0865. The predicted molar refractivity (Wildman–Crippen MR) is 95.5 cm³/mol. The summed E-state index contributed by atoms with van der Waals surface area (Å²) >= 11 is 5.55. The minimum Gasteiger partial charge on any atom is -0.493 e. The first kappa shape index (κ1) is 17.8. The molecule has 1 saturated carbocycles. The molecule has 0 saturated heterocycles. The number of pyridine rings is 1. The van der Waals surface area contributed by atoms with Crippen molar-refractivity contribution in [2.75, 3.05) is 13.7 Å². The molecule has 2 aromatic rings. The van der Waals surface area contributed by atoms with Crippen molar-refractivity contribution in [3.63, 3.8) is 0 Å². The highest BCUT2D eigenvalue weighted by Crippen LogP contribution is 2.45. The van der Waals surface area contributed by atoms with E-state index >= 15 is 0 Å². The van der Waals surface area contributed by atoms with Crippen LogP contribution in [0.1, 0.15) is 46.5 Å². The van der Waals surface area contributed by atoms with Crippen LogP contribution in [0.15, 0.2) is 30.5 Å². The number of nitrogens with zero attached hydrogens (tertiary/aromatic N) is 1. The van der Waals surface area contributed by atoms with E-state index in [9.17, 15) is 4.79 Å². The van der Waals surface area contributed by atoms with Gasteiger partial charge in [0.15, 0.2) is 17.6 Å². The number of fused-ring (bicyclic) bond motifs is 1. The summed E-state index contributed by atoms with van der Waals surface area (Å²) in [5, 5.41) is -0.568. The van der Waals surface area contributed by atoms with Crippen molar-refractivity contribution < 1.29 is 19.0 Å². The van der Waals surface area contributed by atoms with E-state index in [2.05, 4.69) is 11.1 Å². The van der Waals surface area contributed by atoms with Crippen LogP contribution in [0.25, 0.3) is 0 Å². The number of ether oxygens (including phenoxy) is 3. The van der Waals surface area contributed by atoms with Crippen molar-refractivity contribution >= 4 is 29.3 Å². The molecule has 2 heterocycles. The molecule has 0 spiro atoms. The van der Waals surface area contributed by atoms with Crippen LogP contribution in [0.2, 0.25) is 0 Å². The summed E-state index contributed by atoms with van der Waals surface area (Å²) < 4.78 is 17.1. The number of hydrogen-bond donors (Lipinski definition) is 0. The SMILES string of the molecule is COc1cc(C(=O)Cl)cc2c1OC(c1ccc(C3CC3)nc1)CO2.Cl. The fourth-order valence-corrected chi connectivity index (χ4v) is 2.91. The van der Waals surface area contributed by atoms with Crippen molar-refractivity contribution in [2.45, 2.75) is 24.9 Å². The standard InChI is InChI=1S/C18H16ClNO4.ClH/c1-22-14-6-12(18(19)21)7-15-17(14)24-16(9-23-15)11-4-5-13(20-8-11)10-2-3-10;/h4-8,10,16H,2-3,9H2,1H3;1H. The largest absolute Gasteiger partial charge is 0.493 e. The molecule has 1 aliphatic heterocycles. The van der Waals surface area contributed by atoms with Gasteiger partial charge in [-0.15, -0.1) is 12.4 Å². The van der Waals surface area contributed by atoms with Gasteiger partial charge in [-0.2, -0.15) is 0 Å². The quantitative estimate of drug-likeness (QED) is 0.739. The summed E-state index contributed by atoms with van der Waals surface area (Å²) in [5.74, 6) is 1.97. The molecule has 1 aliphatic carbocycles. The molecule has 132 valence electrons. The zero-order chi connectivity index (χ0) is 16.7. The molecule has 0 radical (unpaired) electrons. The second kappa shape index (κ2) is 7.10. The second-order valence-corrected chi connectivity index (χ2v) is 6.33. The summed E-state index contributed by atoms with van der Waals surface area (Å²) in [6.07, 6.45) is 4.02. The molecule has 25 heavy (non-hydrogen) atoms. The monoisotopic (exact) mass is 381 g/mol. The average molecular weight is 382 g/mol. The van der Waals surface area contributed by atoms with E-state index in [1.54, 1.807) is 12.1 Å². The molecule has 1 aromatic heterocycles. The smallest absolute Gasteiger partial charge is 0.252 e. The Morgan fingerprint density at radius 1 is 1.32 bits per heavy atom. The van der Waals surface area contributed by atoms with E-state index in [1.165, 1.54) is 20.0 Å². The molecule has 1 fully saturated rings. The summed E-state index contributed by atoms with van der Waals surface area (Å²) in [6, 6.07) is 7.20. The fraction of sp³-hybridized carbons (Fsp3) is 0.333. The molecule has 4 rings (SSSR count). The van der Waals surface area contributed by atoms with Crippen molar-refractivity contribution in [1.82, 2.24) is 4.98 Å². The van der Waals surface area contributed by atoms with Gasteiger partial charge in [0.25, 0.3) is 5.24 Å². The maximum atomic E-state index is 11.4. The Hall–Kier alpha value is -1.98. The lowest BCUT2D eigenvalue weighted by atomic mass is 10.1. The third-order valence-electron chi connectivity index (χ3n) is 4.29. The number of carbonyl (C=O) groups is 1. The van der Waals surface area contributed by atoms with Gasteiger partial charge in [0.05, 0.1) is 7.11 Å². The fourth-order valence-electron chi connectivity index (χ4n) is 2.80. The lowest BCUT2D eigenvalue weighted by Gasteiger charge is -2.28. The summed E-state index contributed by atoms with van der Waals surface area (Å²) in [4.78, 5) is 15.9. The number of aromatic nitrogens is 1. The van der Waals surface area contributed by atoms with E-state index in [-0.39, 0.29) is 18.5 Å². The molecule has 0 amide bonds. The Morgan fingerprint density at radius 3 is 2.72 bits per heavy atom. The van der Waals surface area contributed by atoms with Crippen LogP contribution >= 0.6 is 24.0 Å². The van der Waals surface area contributed by atoms with Gasteiger partial charge in [0, 0.05) is 28.9 Å². The first-order valence-electron chi connectivity index (χ1n) is 7.83. The van der Waals surface area contributed by atoms with Gasteiger partial charge < -0.3 is 14.2 Å². The molecule has 2 aliphatic rings. The number of benzene rings is 1. The number of carbonyl (C=O) groups excluding carboxylic acids is 1. The number of rotatable bonds is 4. The van der Waals surface area contributed by atoms with Gasteiger partial charge >= 0.3 is 0 Å². The van der Waals surface area contributed by atoms with Gasteiger partial charge in [-0.05, 0) is 42.6 Å². The minimum absolute atomic E-state index is 0. The molecule has 5 nitrogen and oxygen atoms in total. The van der Waals surface area contributed by atoms with E-state index in [0.29, 0.717) is 35.3 Å². The predicted octanol–water partition coefficient (Wildman–Crippen LogP) is 4.28. The highest BCUT2D eigenvalue weighted by atomic mass is 35.5. The maximum Gasteiger partial charge on any atom is 0.252 e. The number of halogens is 2. The van der Waals surface area contributed by atoms with Crippen LogP contribution in [-0.4, -0.2) is 23.9 Å². The Morgan fingerprint density at radius 2 is 2.12 bits per heavy atom. The van der Waals surface area contributed by atoms with Gasteiger partial charge in [0.1, 0.15) is 6.61 Å². The minimum atomic E-state index is -0.568. The molecule has 7 heteroatoms. The molecule has 0 N–H and O–H groups in total. The van der Waals surface area contributed by atoms with Crippen LogP contribution in [0.4, 0.5) is 0 Å². The molecule has 1 aromatic carbocycles. The topological polar surface area (TPSA) is 57.7 Å². The van der Waals surface area contributed by atoms with Crippen molar-refractivity contribution in [3.8, 4) is 17.2 Å². The Kier molecular flexibility index (Phi) is 5.06. The van der Waals surface area contributed by atoms with E-state index in [0.717, 1.165) is 11.3 Å². The van der Waals surface area contributed by atoms with Crippen LogP contribution in [0.3, 0.4) is 0 Å². The molecule has 0 bridgehead atoms. The molecular weight excluding hydrogens is 365 g/mol. The van der Waals surface area contributed by atoms with Crippen LogP contribution < -0.4 is 14.2 Å². The Bertz CT molecular complexity index is 773. The first-order chi connectivity index (χ1) is 11.7. The van der Waals surface area contributed by atoms with Crippen LogP contribution in [-0.2, 0) is 0 Å². The molecule has 1 unspecified atom stereocenters. The highest BCUT2D eigenvalue weighted by molar-refractivity contribution is 6.67. The summed E-state index contributed by atoms with van der Waals surface area (Å²) in [5.41, 5.74) is 2.40. The zero-order valence-corrected chi connectivity index (χ0v) is 15.1. The van der Waals surface area contributed by atoms with Gasteiger partial charge in [0.2, 0.25) is 5.75 Å². The second-order valence-electron chi connectivity index (χ2n) is 5.99. The number of methoxy groups -OCH3 is 1. The van der Waals surface area contributed by atoms with Crippen LogP contribution in [0.5, 0.6) is 17.2 Å². The van der Waals surface area contributed by atoms with Gasteiger partial charge in [-0.3, -0.25) is 9.78 Å². The Balaban J connectivity index is 0.00000182. The third-order valence-corrected chi connectivity index (χ3v) is 4.51. The Labute approximate surface area is 156 Å². The van der Waals surface area contributed by atoms with E-state index in [1.807, 2.05) is 12.3 Å². The van der Waals surface area contributed by atoms with E-state index in [4.69, 9.17) is 25.8 Å². The number of hydrogen-bond acceptors (Lipinski definition) is 5. The van der Waals surface area contributed by atoms with Gasteiger partial charge in [-0.25, -0.2) is 0 Å². The first-order valence-corrected chi connectivity index (χ1v) is 8.20. The van der Waals surface area contributed by atoms with Crippen LogP contribution in [0, 0.1) is 0 Å². The zero-order valence-electron chi connectivity index (χ0n) is 13.5. The molecule has 1 atom stereocenters. The van der Waals surface area contributed by atoms with Crippen molar-refractivity contribution in [1.29, 1.82) is 0 Å². The summed E-state index contributed by atoms with van der Waals surface area (Å²) in [6.45, 7) is 0.334.